The summed E-state index contributed by atoms with van der Waals surface area (Å²) in [6, 6.07) is 0.0200. The maximum atomic E-state index is 12.0. The molecule has 0 bridgehead atoms. The fraction of sp³-hybridized carbons (Fsp3) is 0.833. The molecule has 1 aliphatic rings. The Labute approximate surface area is 102 Å². The van der Waals surface area contributed by atoms with E-state index in [-0.39, 0.29) is 18.4 Å². The van der Waals surface area contributed by atoms with E-state index in [1.807, 2.05) is 0 Å². The third kappa shape index (κ3) is 4.24. The second-order valence-electron chi connectivity index (χ2n) is 5.26. The highest BCUT2D eigenvalue weighted by Crippen LogP contribution is 2.20. The topological polar surface area (TPSA) is 60.9 Å². The van der Waals surface area contributed by atoms with Gasteiger partial charge >= 0.3 is 12.0 Å². The molecule has 1 fully saturated rings. The van der Waals surface area contributed by atoms with Crippen LogP contribution in [0.4, 0.5) is 4.79 Å². The number of amides is 2. The van der Waals surface area contributed by atoms with Crippen LogP contribution in [0.2, 0.25) is 0 Å². The Morgan fingerprint density at radius 3 is 2.65 bits per heavy atom. The molecular weight excluding hydrogens is 220 g/mol. The van der Waals surface area contributed by atoms with E-state index in [0.717, 1.165) is 13.0 Å². The van der Waals surface area contributed by atoms with Gasteiger partial charge in [0, 0.05) is 33.1 Å². The largest absolute Gasteiger partial charge is 0.481 e. The zero-order valence-corrected chi connectivity index (χ0v) is 10.8. The Bertz CT molecular complexity index is 291. The van der Waals surface area contributed by atoms with Crippen molar-refractivity contribution in [1.82, 2.24) is 9.80 Å². The normalized spacial score (nSPS) is 19.8. The fourth-order valence-electron chi connectivity index (χ4n) is 2.29. The molecule has 1 N–H and O–H groups in total. The first-order valence-corrected chi connectivity index (χ1v) is 6.12. The fourth-order valence-corrected chi connectivity index (χ4v) is 2.29. The molecule has 0 aromatic rings. The Balaban J connectivity index is 2.42. The summed E-state index contributed by atoms with van der Waals surface area (Å²) in [5.41, 5.74) is 0. The van der Waals surface area contributed by atoms with E-state index >= 15 is 0 Å². The molecule has 2 amide bonds. The van der Waals surface area contributed by atoms with Crippen molar-refractivity contribution < 1.29 is 14.7 Å². The highest BCUT2D eigenvalue weighted by molar-refractivity contribution is 5.74. The Kier molecular flexibility index (Phi) is 4.78. The number of likely N-dealkylation sites (tertiary alicyclic amines) is 1. The summed E-state index contributed by atoms with van der Waals surface area (Å²) in [4.78, 5) is 26.1. The van der Waals surface area contributed by atoms with Crippen LogP contribution in [0.1, 0.15) is 26.7 Å². The first kappa shape index (κ1) is 13.8. The van der Waals surface area contributed by atoms with Crippen molar-refractivity contribution in [3.8, 4) is 0 Å². The van der Waals surface area contributed by atoms with Gasteiger partial charge in [-0.2, -0.15) is 0 Å². The van der Waals surface area contributed by atoms with Crippen LogP contribution in [0.5, 0.6) is 0 Å². The minimum absolute atomic E-state index is 0.0200. The summed E-state index contributed by atoms with van der Waals surface area (Å²) < 4.78 is 0. The van der Waals surface area contributed by atoms with Crippen molar-refractivity contribution in [2.45, 2.75) is 26.7 Å². The average molecular weight is 242 g/mol. The van der Waals surface area contributed by atoms with Gasteiger partial charge in [-0.3, -0.25) is 4.79 Å². The first-order chi connectivity index (χ1) is 7.90. The number of hydrogen-bond acceptors (Lipinski definition) is 2. The number of carbonyl (C=O) groups excluding carboxylic acids is 1. The molecule has 1 atom stereocenters. The molecule has 5 heteroatoms. The molecule has 0 aliphatic carbocycles. The number of carbonyl (C=O) groups is 2. The summed E-state index contributed by atoms with van der Waals surface area (Å²) in [6.07, 6.45) is 0.964. The van der Waals surface area contributed by atoms with E-state index in [1.165, 1.54) is 0 Å². The van der Waals surface area contributed by atoms with Gasteiger partial charge in [0.1, 0.15) is 0 Å². The maximum absolute atomic E-state index is 12.0. The van der Waals surface area contributed by atoms with Gasteiger partial charge < -0.3 is 14.9 Å². The summed E-state index contributed by atoms with van der Waals surface area (Å²) >= 11 is 0. The molecule has 1 heterocycles. The lowest BCUT2D eigenvalue weighted by atomic mass is 10.1. The van der Waals surface area contributed by atoms with E-state index in [1.54, 1.807) is 16.8 Å². The van der Waals surface area contributed by atoms with E-state index in [9.17, 15) is 9.59 Å². The lowest BCUT2D eigenvalue weighted by Gasteiger charge is -2.25. The minimum Gasteiger partial charge on any atom is -0.481 e. The van der Waals surface area contributed by atoms with Crippen molar-refractivity contribution in [2.24, 2.45) is 11.8 Å². The van der Waals surface area contributed by atoms with Crippen LogP contribution in [0.25, 0.3) is 0 Å². The van der Waals surface area contributed by atoms with Gasteiger partial charge in [0.15, 0.2) is 0 Å². The number of nitrogens with zero attached hydrogens (tertiary/aromatic N) is 2. The molecule has 0 radical (unpaired) electrons. The molecule has 1 saturated heterocycles. The lowest BCUT2D eigenvalue weighted by molar-refractivity contribution is -0.138. The smallest absolute Gasteiger partial charge is 0.319 e. The van der Waals surface area contributed by atoms with Gasteiger partial charge in [-0.1, -0.05) is 13.8 Å². The van der Waals surface area contributed by atoms with Crippen molar-refractivity contribution in [3.63, 3.8) is 0 Å². The first-order valence-electron chi connectivity index (χ1n) is 6.12. The van der Waals surface area contributed by atoms with Crippen LogP contribution in [-0.4, -0.2) is 53.6 Å². The van der Waals surface area contributed by atoms with E-state index in [2.05, 4.69) is 13.8 Å². The second-order valence-corrected chi connectivity index (χ2v) is 5.26. The van der Waals surface area contributed by atoms with Gasteiger partial charge in [-0.05, 0) is 18.3 Å². The van der Waals surface area contributed by atoms with Gasteiger partial charge in [0.05, 0.1) is 0 Å². The molecule has 5 nitrogen and oxygen atoms in total. The van der Waals surface area contributed by atoms with Crippen LogP contribution in [0.15, 0.2) is 0 Å². The van der Waals surface area contributed by atoms with Crippen LogP contribution in [0.3, 0.4) is 0 Å². The zero-order chi connectivity index (χ0) is 13.0. The number of aliphatic carboxylic acids is 1. The monoisotopic (exact) mass is 242 g/mol. The van der Waals surface area contributed by atoms with Gasteiger partial charge in [0.2, 0.25) is 0 Å². The van der Waals surface area contributed by atoms with Gasteiger partial charge in [-0.25, -0.2) is 4.79 Å². The molecule has 1 unspecified atom stereocenters. The predicted molar refractivity (Wildman–Crippen MR) is 64.8 cm³/mol. The Morgan fingerprint density at radius 2 is 2.12 bits per heavy atom. The number of carboxylic acids is 1. The summed E-state index contributed by atoms with van der Waals surface area (Å²) in [6.45, 7) is 6.13. The number of urea groups is 1. The molecule has 0 saturated carbocycles. The molecule has 0 aromatic carbocycles. The van der Waals surface area contributed by atoms with Crippen molar-refractivity contribution >= 4 is 12.0 Å². The van der Waals surface area contributed by atoms with E-state index in [0.29, 0.717) is 19.0 Å². The standard InChI is InChI=1S/C12H22N2O3/c1-9(2)7-13(3)12(17)14-5-4-10(8-14)6-11(15)16/h9-10H,4-8H2,1-3H3,(H,15,16). The minimum atomic E-state index is -0.778. The third-order valence-corrected chi connectivity index (χ3v) is 2.99. The Morgan fingerprint density at radius 1 is 1.47 bits per heavy atom. The molecule has 1 rings (SSSR count). The van der Waals surface area contributed by atoms with Crippen LogP contribution >= 0.6 is 0 Å². The van der Waals surface area contributed by atoms with Crippen LogP contribution in [0, 0.1) is 11.8 Å². The summed E-state index contributed by atoms with van der Waals surface area (Å²) in [7, 11) is 1.80. The molecule has 17 heavy (non-hydrogen) atoms. The molecule has 0 spiro atoms. The van der Waals surface area contributed by atoms with Crippen LogP contribution in [-0.2, 0) is 4.79 Å². The Hall–Kier alpha value is -1.26. The van der Waals surface area contributed by atoms with Crippen LogP contribution < -0.4 is 0 Å². The molecular formula is C12H22N2O3. The predicted octanol–water partition coefficient (Wildman–Crippen LogP) is 1.49. The average Bonchev–Trinajstić information content (AvgIpc) is 2.62. The van der Waals surface area contributed by atoms with E-state index in [4.69, 9.17) is 5.11 Å². The van der Waals surface area contributed by atoms with Crippen molar-refractivity contribution in [2.75, 3.05) is 26.7 Å². The highest BCUT2D eigenvalue weighted by atomic mass is 16.4. The zero-order valence-electron chi connectivity index (χ0n) is 10.8. The van der Waals surface area contributed by atoms with Gasteiger partial charge in [0.25, 0.3) is 0 Å². The van der Waals surface area contributed by atoms with E-state index < -0.39 is 5.97 Å². The number of carboxylic acid groups (broad SMARTS) is 1. The summed E-state index contributed by atoms with van der Waals surface area (Å²) in [5, 5.41) is 8.71. The molecule has 0 aromatic heterocycles. The number of hydrogen-bond donors (Lipinski definition) is 1. The molecule has 98 valence electrons. The van der Waals surface area contributed by atoms with Crippen molar-refractivity contribution in [1.29, 1.82) is 0 Å². The quantitative estimate of drug-likeness (QED) is 0.812. The maximum Gasteiger partial charge on any atom is 0.319 e. The SMILES string of the molecule is CC(C)CN(C)C(=O)N1CCC(CC(=O)O)C1. The number of rotatable bonds is 4. The van der Waals surface area contributed by atoms with Gasteiger partial charge in [-0.15, -0.1) is 0 Å². The highest BCUT2D eigenvalue weighted by Gasteiger charge is 2.29. The third-order valence-electron chi connectivity index (χ3n) is 2.99. The summed E-state index contributed by atoms with van der Waals surface area (Å²) in [5.74, 6) is -0.217. The molecule has 1 aliphatic heterocycles. The van der Waals surface area contributed by atoms with Crippen molar-refractivity contribution in [3.05, 3.63) is 0 Å². The lowest BCUT2D eigenvalue weighted by Crippen LogP contribution is -2.41. The second kappa shape index (κ2) is 5.89.